The summed E-state index contributed by atoms with van der Waals surface area (Å²) in [6, 6.07) is 7.69. The van der Waals surface area contributed by atoms with Crippen LogP contribution in [0.5, 0.6) is 0 Å². The van der Waals surface area contributed by atoms with Crippen molar-refractivity contribution in [2.45, 2.75) is 12.8 Å². The molecule has 0 saturated carbocycles. The van der Waals surface area contributed by atoms with E-state index in [1.807, 2.05) is 24.3 Å². The fraction of sp³-hybridized carbons (Fsp3) is 0.286. The van der Waals surface area contributed by atoms with Gasteiger partial charge in [-0.25, -0.2) is 9.97 Å². The first-order valence-corrected chi connectivity index (χ1v) is 6.77. The van der Waals surface area contributed by atoms with Gasteiger partial charge >= 0.3 is 0 Å². The zero-order valence-corrected chi connectivity index (χ0v) is 11.2. The highest BCUT2D eigenvalue weighted by Gasteiger charge is 2.14. The maximum atomic E-state index is 6.17. The first kappa shape index (κ1) is 12.4. The number of para-hydroxylation sites is 1. The molecule has 0 unspecified atom stereocenters. The minimum atomic E-state index is 0.696. The fourth-order valence-electron chi connectivity index (χ4n) is 2.27. The third-order valence-corrected chi connectivity index (χ3v) is 3.58. The minimum Gasteiger partial charge on any atom is -0.339 e. The first-order chi connectivity index (χ1) is 9.34. The average molecular weight is 275 g/mol. The van der Waals surface area contributed by atoms with Crippen molar-refractivity contribution in [3.8, 4) is 0 Å². The van der Waals surface area contributed by atoms with Gasteiger partial charge in [0.25, 0.3) is 0 Å². The van der Waals surface area contributed by atoms with Crippen molar-refractivity contribution in [2.75, 3.05) is 18.4 Å². The molecule has 0 radical (unpaired) electrons. The summed E-state index contributed by atoms with van der Waals surface area (Å²) in [5.41, 5.74) is 3.18. The first-order valence-electron chi connectivity index (χ1n) is 6.39. The summed E-state index contributed by atoms with van der Waals surface area (Å²) in [5, 5.41) is 7.39. The predicted molar refractivity (Wildman–Crippen MR) is 77.0 cm³/mol. The molecule has 0 saturated heterocycles. The van der Waals surface area contributed by atoms with Gasteiger partial charge in [0.2, 0.25) is 0 Å². The number of fused-ring (bicyclic) bond motifs is 1. The molecule has 0 fully saturated rings. The number of anilines is 2. The molecule has 0 spiro atoms. The molecule has 1 aromatic heterocycles. The van der Waals surface area contributed by atoms with Crippen LogP contribution in [0.2, 0.25) is 5.02 Å². The van der Waals surface area contributed by atoms with Crippen LogP contribution < -0.4 is 10.6 Å². The summed E-state index contributed by atoms with van der Waals surface area (Å²) in [4.78, 5) is 8.74. The van der Waals surface area contributed by atoms with Gasteiger partial charge in [-0.15, -0.1) is 0 Å². The largest absolute Gasteiger partial charge is 0.339 e. The molecule has 0 aliphatic carbocycles. The zero-order valence-electron chi connectivity index (χ0n) is 10.5. The van der Waals surface area contributed by atoms with Crippen molar-refractivity contribution in [2.24, 2.45) is 0 Å². The third kappa shape index (κ3) is 2.69. The summed E-state index contributed by atoms with van der Waals surface area (Å²) in [6.45, 7) is 1.92. The van der Waals surface area contributed by atoms with E-state index < -0.39 is 0 Å². The molecule has 0 amide bonds. The Labute approximate surface area is 117 Å². The lowest BCUT2D eigenvalue weighted by molar-refractivity contribution is 0.708. The van der Waals surface area contributed by atoms with Crippen molar-refractivity contribution >= 4 is 23.1 Å². The molecule has 98 valence electrons. The topological polar surface area (TPSA) is 49.8 Å². The Balaban J connectivity index is 1.95. The molecule has 3 rings (SSSR count). The lowest BCUT2D eigenvalue weighted by Gasteiger charge is -2.13. The zero-order chi connectivity index (χ0) is 13.1. The fourth-order valence-corrected chi connectivity index (χ4v) is 2.45. The molecule has 4 nitrogen and oxygen atoms in total. The molecule has 1 aliphatic rings. The van der Waals surface area contributed by atoms with E-state index in [-0.39, 0.29) is 0 Å². The van der Waals surface area contributed by atoms with E-state index in [1.165, 1.54) is 5.56 Å². The highest BCUT2D eigenvalue weighted by Crippen LogP contribution is 2.27. The molecule has 19 heavy (non-hydrogen) atoms. The summed E-state index contributed by atoms with van der Waals surface area (Å²) in [7, 11) is 0. The molecule has 5 heteroatoms. The molecule has 0 bridgehead atoms. The molecule has 1 aliphatic heterocycles. The number of aromatic nitrogens is 2. The minimum absolute atomic E-state index is 0.696. The quantitative estimate of drug-likeness (QED) is 0.884. The van der Waals surface area contributed by atoms with E-state index in [2.05, 4.69) is 20.6 Å². The summed E-state index contributed by atoms with van der Waals surface area (Å²) < 4.78 is 0. The number of hydrogen-bond acceptors (Lipinski definition) is 4. The van der Waals surface area contributed by atoms with Crippen LogP contribution in [-0.4, -0.2) is 23.1 Å². The van der Waals surface area contributed by atoms with Crippen molar-refractivity contribution in [1.29, 1.82) is 0 Å². The van der Waals surface area contributed by atoms with Gasteiger partial charge in [-0.2, -0.15) is 0 Å². The lowest BCUT2D eigenvalue weighted by atomic mass is 10.1. The van der Waals surface area contributed by atoms with Crippen LogP contribution in [0.25, 0.3) is 0 Å². The highest BCUT2D eigenvalue weighted by molar-refractivity contribution is 6.33. The van der Waals surface area contributed by atoms with Crippen LogP contribution in [-0.2, 0) is 12.8 Å². The van der Waals surface area contributed by atoms with Crippen LogP contribution in [0.4, 0.5) is 11.5 Å². The van der Waals surface area contributed by atoms with Crippen molar-refractivity contribution in [3.05, 3.63) is 46.9 Å². The number of hydrogen-bond donors (Lipinski definition) is 2. The van der Waals surface area contributed by atoms with Gasteiger partial charge in [-0.1, -0.05) is 23.7 Å². The van der Waals surface area contributed by atoms with Gasteiger partial charge in [-0.05, 0) is 25.1 Å². The van der Waals surface area contributed by atoms with Gasteiger partial charge in [-0.3, -0.25) is 0 Å². The van der Waals surface area contributed by atoms with Gasteiger partial charge in [0.15, 0.2) is 0 Å². The molecule has 1 aromatic carbocycles. The van der Waals surface area contributed by atoms with Gasteiger partial charge in [0, 0.05) is 18.5 Å². The van der Waals surface area contributed by atoms with Crippen LogP contribution in [0.1, 0.15) is 11.3 Å². The molecular weight excluding hydrogens is 260 g/mol. The maximum absolute atomic E-state index is 6.17. The monoisotopic (exact) mass is 274 g/mol. The summed E-state index contributed by atoms with van der Waals surface area (Å²) in [5.74, 6) is 0.863. The van der Waals surface area contributed by atoms with Gasteiger partial charge < -0.3 is 10.6 Å². The third-order valence-electron chi connectivity index (χ3n) is 3.25. The molecule has 2 heterocycles. The Morgan fingerprint density at radius 2 is 1.95 bits per heavy atom. The molecule has 2 N–H and O–H groups in total. The van der Waals surface area contributed by atoms with Gasteiger partial charge in [0.1, 0.15) is 12.1 Å². The second-order valence-corrected chi connectivity index (χ2v) is 4.91. The van der Waals surface area contributed by atoms with Crippen LogP contribution in [0.3, 0.4) is 0 Å². The Morgan fingerprint density at radius 1 is 1.11 bits per heavy atom. The number of nitrogens with one attached hydrogen (secondary N) is 2. The van der Waals surface area contributed by atoms with E-state index in [0.717, 1.165) is 43.1 Å². The summed E-state index contributed by atoms with van der Waals surface area (Å²) >= 11 is 6.17. The number of halogens is 1. The number of benzene rings is 1. The van der Waals surface area contributed by atoms with Crippen LogP contribution in [0.15, 0.2) is 30.6 Å². The SMILES string of the molecule is Clc1ccccc1Nc1ncnc2c1CCNCC2. The highest BCUT2D eigenvalue weighted by atomic mass is 35.5. The van der Waals surface area contributed by atoms with E-state index in [9.17, 15) is 0 Å². The predicted octanol–water partition coefficient (Wildman–Crippen LogP) is 2.56. The normalized spacial score (nSPS) is 14.6. The van der Waals surface area contributed by atoms with Crippen molar-refractivity contribution in [3.63, 3.8) is 0 Å². The smallest absolute Gasteiger partial charge is 0.137 e. The van der Waals surface area contributed by atoms with Crippen molar-refractivity contribution < 1.29 is 0 Å². The van der Waals surface area contributed by atoms with Crippen LogP contribution >= 0.6 is 11.6 Å². The standard InChI is InChI=1S/C14H15ClN4/c15-11-3-1-2-4-13(11)19-14-10-5-7-16-8-6-12(10)17-9-18-14/h1-4,9,16H,5-8H2,(H,17,18,19). The molecule has 0 atom stereocenters. The second-order valence-electron chi connectivity index (χ2n) is 4.50. The molecule has 2 aromatic rings. The van der Waals surface area contributed by atoms with Gasteiger partial charge in [0.05, 0.1) is 16.4 Å². The van der Waals surface area contributed by atoms with Crippen molar-refractivity contribution in [1.82, 2.24) is 15.3 Å². The second kappa shape index (κ2) is 5.55. The van der Waals surface area contributed by atoms with E-state index in [0.29, 0.717) is 5.02 Å². The summed E-state index contributed by atoms with van der Waals surface area (Å²) in [6.07, 6.45) is 3.49. The Kier molecular flexibility index (Phi) is 3.62. The lowest BCUT2D eigenvalue weighted by Crippen LogP contribution is -2.16. The maximum Gasteiger partial charge on any atom is 0.137 e. The Bertz CT molecular complexity index is 585. The average Bonchev–Trinajstić information content (AvgIpc) is 2.67. The van der Waals surface area contributed by atoms with Crippen LogP contribution in [0, 0.1) is 0 Å². The van der Waals surface area contributed by atoms with E-state index >= 15 is 0 Å². The Hall–Kier alpha value is -1.65. The molecular formula is C14H15ClN4. The van der Waals surface area contributed by atoms with E-state index in [4.69, 9.17) is 11.6 Å². The number of nitrogens with zero attached hydrogens (tertiary/aromatic N) is 2. The van der Waals surface area contributed by atoms with E-state index in [1.54, 1.807) is 6.33 Å². The Morgan fingerprint density at radius 3 is 2.84 bits per heavy atom. The number of rotatable bonds is 2.